The Hall–Kier alpha value is -1.18. The minimum atomic E-state index is -3.79. The zero-order valence-corrected chi connectivity index (χ0v) is 12.2. The fourth-order valence-electron chi connectivity index (χ4n) is 1.58. The standard InChI is InChI=1S/C12H20FN3O2S/c1-9(6-7-16(2)3)15-19(17,18)12-8-10(13)4-5-11(12)14/h4-5,8-9,15H,6-7,14H2,1-3H3. The molecule has 3 N–H and O–H groups in total. The largest absolute Gasteiger partial charge is 0.398 e. The van der Waals surface area contributed by atoms with Crippen LogP contribution in [0.3, 0.4) is 0 Å². The van der Waals surface area contributed by atoms with Gasteiger partial charge in [0.1, 0.15) is 10.7 Å². The molecule has 0 amide bonds. The molecular weight excluding hydrogens is 269 g/mol. The van der Waals surface area contributed by atoms with Crippen molar-refractivity contribution in [2.45, 2.75) is 24.3 Å². The first kappa shape index (κ1) is 15.9. The lowest BCUT2D eigenvalue weighted by Crippen LogP contribution is -2.35. The Bertz CT molecular complexity index is 532. The maximum absolute atomic E-state index is 13.1. The van der Waals surface area contributed by atoms with E-state index in [-0.39, 0.29) is 16.6 Å². The Kier molecular flexibility index (Phi) is 5.28. The highest BCUT2D eigenvalue weighted by Crippen LogP contribution is 2.19. The fourth-order valence-corrected chi connectivity index (χ4v) is 3.00. The lowest BCUT2D eigenvalue weighted by molar-refractivity contribution is 0.379. The fraction of sp³-hybridized carbons (Fsp3) is 0.500. The second kappa shape index (κ2) is 6.31. The molecule has 1 unspecified atom stereocenters. The number of hydrogen-bond donors (Lipinski definition) is 2. The molecule has 0 aliphatic heterocycles. The second-order valence-electron chi connectivity index (χ2n) is 4.80. The van der Waals surface area contributed by atoms with E-state index in [9.17, 15) is 12.8 Å². The van der Waals surface area contributed by atoms with Crippen LogP contribution in [0.5, 0.6) is 0 Å². The average molecular weight is 289 g/mol. The van der Waals surface area contributed by atoms with E-state index in [0.717, 1.165) is 18.7 Å². The minimum Gasteiger partial charge on any atom is -0.398 e. The van der Waals surface area contributed by atoms with Crippen LogP contribution in [-0.2, 0) is 10.0 Å². The quantitative estimate of drug-likeness (QED) is 0.767. The maximum Gasteiger partial charge on any atom is 0.242 e. The molecule has 1 aromatic rings. The van der Waals surface area contributed by atoms with Gasteiger partial charge in [-0.2, -0.15) is 0 Å². The summed E-state index contributed by atoms with van der Waals surface area (Å²) in [7, 11) is 0.0229. The molecule has 1 rings (SSSR count). The maximum atomic E-state index is 13.1. The smallest absolute Gasteiger partial charge is 0.242 e. The van der Waals surface area contributed by atoms with Gasteiger partial charge in [0, 0.05) is 6.04 Å². The summed E-state index contributed by atoms with van der Waals surface area (Å²) in [5.41, 5.74) is 5.62. The van der Waals surface area contributed by atoms with Gasteiger partial charge in [-0.15, -0.1) is 0 Å². The normalized spacial score (nSPS) is 13.7. The molecule has 0 spiro atoms. The topological polar surface area (TPSA) is 75.4 Å². The molecule has 108 valence electrons. The summed E-state index contributed by atoms with van der Waals surface area (Å²) < 4.78 is 39.8. The van der Waals surface area contributed by atoms with Crippen molar-refractivity contribution in [1.29, 1.82) is 0 Å². The van der Waals surface area contributed by atoms with Gasteiger partial charge >= 0.3 is 0 Å². The zero-order chi connectivity index (χ0) is 14.6. The lowest BCUT2D eigenvalue weighted by atomic mass is 10.2. The number of benzene rings is 1. The molecule has 0 heterocycles. The summed E-state index contributed by atoms with van der Waals surface area (Å²) in [5.74, 6) is -0.629. The first-order valence-electron chi connectivity index (χ1n) is 5.94. The van der Waals surface area contributed by atoms with E-state index in [1.807, 2.05) is 19.0 Å². The lowest BCUT2D eigenvalue weighted by Gasteiger charge is -2.17. The molecule has 0 aromatic heterocycles. The van der Waals surface area contributed by atoms with E-state index >= 15 is 0 Å². The molecule has 7 heteroatoms. The predicted octanol–water partition coefficient (Wildman–Crippen LogP) is 1.03. The summed E-state index contributed by atoms with van der Waals surface area (Å²) in [5, 5.41) is 0. The summed E-state index contributed by atoms with van der Waals surface area (Å²) in [6, 6.07) is 3.05. The number of nitrogens with two attached hydrogens (primary N) is 1. The molecule has 0 bridgehead atoms. The Morgan fingerprint density at radius 1 is 1.42 bits per heavy atom. The number of hydrogen-bond acceptors (Lipinski definition) is 4. The van der Waals surface area contributed by atoms with Crippen molar-refractivity contribution < 1.29 is 12.8 Å². The first-order valence-corrected chi connectivity index (χ1v) is 7.43. The molecule has 0 saturated carbocycles. The monoisotopic (exact) mass is 289 g/mol. The van der Waals surface area contributed by atoms with Crippen molar-refractivity contribution in [1.82, 2.24) is 9.62 Å². The van der Waals surface area contributed by atoms with Gasteiger partial charge in [-0.25, -0.2) is 17.5 Å². The van der Waals surface area contributed by atoms with E-state index in [2.05, 4.69) is 4.72 Å². The third kappa shape index (κ3) is 4.77. The summed E-state index contributed by atoms with van der Waals surface area (Å²) in [6.45, 7) is 2.51. The van der Waals surface area contributed by atoms with Crippen molar-refractivity contribution in [2.75, 3.05) is 26.4 Å². The highest BCUT2D eigenvalue weighted by atomic mass is 32.2. The van der Waals surface area contributed by atoms with Crippen LogP contribution in [0.1, 0.15) is 13.3 Å². The molecule has 5 nitrogen and oxygen atoms in total. The van der Waals surface area contributed by atoms with Gasteiger partial charge in [0.2, 0.25) is 10.0 Å². The van der Waals surface area contributed by atoms with Gasteiger partial charge in [0.25, 0.3) is 0 Å². The van der Waals surface area contributed by atoms with Crippen LogP contribution in [0.4, 0.5) is 10.1 Å². The summed E-state index contributed by atoms with van der Waals surface area (Å²) in [4.78, 5) is 1.74. The molecule has 1 aromatic carbocycles. The van der Waals surface area contributed by atoms with E-state index in [0.29, 0.717) is 6.42 Å². The Morgan fingerprint density at radius 2 is 2.05 bits per heavy atom. The van der Waals surface area contributed by atoms with Crippen LogP contribution in [0, 0.1) is 5.82 Å². The van der Waals surface area contributed by atoms with Crippen molar-refractivity contribution in [3.05, 3.63) is 24.0 Å². The number of nitrogens with one attached hydrogen (secondary N) is 1. The number of halogens is 1. The van der Waals surface area contributed by atoms with E-state index in [1.54, 1.807) is 6.92 Å². The van der Waals surface area contributed by atoms with Gasteiger partial charge in [-0.05, 0) is 52.2 Å². The van der Waals surface area contributed by atoms with Crippen molar-refractivity contribution in [2.24, 2.45) is 0 Å². The van der Waals surface area contributed by atoms with Crippen LogP contribution >= 0.6 is 0 Å². The van der Waals surface area contributed by atoms with E-state index in [4.69, 9.17) is 5.73 Å². The average Bonchev–Trinajstić information content (AvgIpc) is 2.29. The summed E-state index contributed by atoms with van der Waals surface area (Å²) in [6.07, 6.45) is 0.654. The number of sulfonamides is 1. The van der Waals surface area contributed by atoms with Crippen LogP contribution in [0.15, 0.2) is 23.1 Å². The number of rotatable bonds is 6. The summed E-state index contributed by atoms with van der Waals surface area (Å²) >= 11 is 0. The minimum absolute atomic E-state index is 0.0358. The van der Waals surface area contributed by atoms with Crippen LogP contribution < -0.4 is 10.5 Å². The SMILES string of the molecule is CC(CCN(C)C)NS(=O)(=O)c1cc(F)ccc1N. The third-order valence-electron chi connectivity index (χ3n) is 2.63. The molecular formula is C12H20FN3O2S. The Morgan fingerprint density at radius 3 is 2.63 bits per heavy atom. The molecule has 0 saturated heterocycles. The van der Waals surface area contributed by atoms with Gasteiger partial charge in [0.15, 0.2) is 0 Å². The molecule has 1 atom stereocenters. The van der Waals surface area contributed by atoms with Crippen molar-refractivity contribution >= 4 is 15.7 Å². The van der Waals surface area contributed by atoms with Gasteiger partial charge in [-0.1, -0.05) is 0 Å². The van der Waals surface area contributed by atoms with E-state index in [1.165, 1.54) is 6.07 Å². The van der Waals surface area contributed by atoms with Gasteiger partial charge < -0.3 is 10.6 Å². The molecule has 19 heavy (non-hydrogen) atoms. The van der Waals surface area contributed by atoms with Crippen molar-refractivity contribution in [3.63, 3.8) is 0 Å². The van der Waals surface area contributed by atoms with Crippen molar-refractivity contribution in [3.8, 4) is 0 Å². The Labute approximate surface area is 113 Å². The molecule has 0 aliphatic rings. The van der Waals surface area contributed by atoms with Crippen LogP contribution in [0.25, 0.3) is 0 Å². The Balaban J connectivity index is 2.83. The number of nitrogens with zero attached hydrogens (tertiary/aromatic N) is 1. The van der Waals surface area contributed by atoms with Crippen LogP contribution in [0.2, 0.25) is 0 Å². The third-order valence-corrected chi connectivity index (χ3v) is 4.28. The first-order chi connectivity index (χ1) is 8.72. The molecule has 0 fully saturated rings. The molecule has 0 radical (unpaired) electrons. The van der Waals surface area contributed by atoms with E-state index < -0.39 is 15.8 Å². The molecule has 0 aliphatic carbocycles. The number of nitrogen functional groups attached to an aromatic ring is 1. The van der Waals surface area contributed by atoms with Gasteiger partial charge in [-0.3, -0.25) is 0 Å². The zero-order valence-electron chi connectivity index (χ0n) is 11.4. The van der Waals surface area contributed by atoms with Gasteiger partial charge in [0.05, 0.1) is 5.69 Å². The highest BCUT2D eigenvalue weighted by molar-refractivity contribution is 7.89. The second-order valence-corrected chi connectivity index (χ2v) is 6.48. The highest BCUT2D eigenvalue weighted by Gasteiger charge is 2.20. The predicted molar refractivity (Wildman–Crippen MR) is 73.8 cm³/mol. The number of anilines is 1. The van der Waals surface area contributed by atoms with Crippen LogP contribution in [-0.4, -0.2) is 40.0 Å².